The van der Waals surface area contributed by atoms with E-state index in [1.54, 1.807) is 17.5 Å². The fraction of sp³-hybridized carbons (Fsp3) is 0.462. The average Bonchev–Trinajstić information content (AvgIpc) is 3.08. The van der Waals surface area contributed by atoms with Crippen LogP contribution in [0, 0.1) is 0 Å². The summed E-state index contributed by atoms with van der Waals surface area (Å²) >= 11 is 1.32. The van der Waals surface area contributed by atoms with Crippen LogP contribution in [0.2, 0.25) is 0 Å². The Morgan fingerprint density at radius 1 is 1.37 bits per heavy atom. The molecule has 1 N–H and O–H groups in total. The molecular formula is C13H14N2O3S. The molecule has 1 aromatic heterocycles. The van der Waals surface area contributed by atoms with Gasteiger partial charge in [-0.1, -0.05) is 18.9 Å². The molecule has 1 aliphatic heterocycles. The number of thiophene rings is 1. The van der Waals surface area contributed by atoms with Gasteiger partial charge in [-0.25, -0.2) is 4.79 Å². The smallest absolute Gasteiger partial charge is 0.323 e. The van der Waals surface area contributed by atoms with E-state index >= 15 is 0 Å². The first-order chi connectivity index (χ1) is 9.12. The molecule has 0 atom stereocenters. The second-order valence-corrected chi connectivity index (χ2v) is 5.96. The lowest BCUT2D eigenvalue weighted by Crippen LogP contribution is -2.44. The van der Waals surface area contributed by atoms with E-state index in [0.717, 1.165) is 17.7 Å². The third kappa shape index (κ3) is 1.96. The Balaban J connectivity index is 1.76. The highest BCUT2D eigenvalue weighted by Gasteiger charge is 2.52. The molecule has 0 aromatic carbocycles. The van der Waals surface area contributed by atoms with Crippen LogP contribution in [0.1, 0.15) is 35.4 Å². The monoisotopic (exact) mass is 278 g/mol. The van der Waals surface area contributed by atoms with Gasteiger partial charge in [0.15, 0.2) is 5.78 Å². The maximum atomic E-state index is 12.3. The Hall–Kier alpha value is -1.69. The topological polar surface area (TPSA) is 66.5 Å². The normalized spacial score (nSPS) is 21.2. The van der Waals surface area contributed by atoms with Crippen molar-refractivity contribution in [2.75, 3.05) is 6.54 Å². The Bertz CT molecular complexity index is 532. The maximum absolute atomic E-state index is 12.3. The van der Waals surface area contributed by atoms with Crippen molar-refractivity contribution in [2.24, 2.45) is 0 Å². The van der Waals surface area contributed by atoms with Crippen molar-refractivity contribution in [1.82, 2.24) is 10.2 Å². The summed E-state index contributed by atoms with van der Waals surface area (Å²) in [6.07, 6.45) is 3.25. The van der Waals surface area contributed by atoms with Gasteiger partial charge in [-0.2, -0.15) is 0 Å². The zero-order chi connectivity index (χ0) is 13.5. The van der Waals surface area contributed by atoms with Gasteiger partial charge < -0.3 is 5.32 Å². The third-order valence-corrected chi connectivity index (χ3v) is 4.71. The highest BCUT2D eigenvalue weighted by Crippen LogP contribution is 2.35. The first-order valence-electron chi connectivity index (χ1n) is 6.33. The molecule has 2 heterocycles. The molecule has 1 saturated carbocycles. The summed E-state index contributed by atoms with van der Waals surface area (Å²) in [4.78, 5) is 37.9. The summed E-state index contributed by atoms with van der Waals surface area (Å²) in [5.74, 6) is -0.423. The molecule has 1 aliphatic carbocycles. The molecule has 0 radical (unpaired) electrons. The standard InChI is InChI=1S/C13H14N2O3S/c16-9(10-4-3-7-19-10)8-15-11(17)13(14-12(15)18)5-1-2-6-13/h3-4,7H,1-2,5-6,8H2,(H,14,18). The number of carbonyl (C=O) groups is 3. The van der Waals surface area contributed by atoms with Crippen molar-refractivity contribution >= 4 is 29.1 Å². The summed E-state index contributed by atoms with van der Waals surface area (Å²) in [5, 5.41) is 4.57. The van der Waals surface area contributed by atoms with Gasteiger partial charge in [-0.05, 0) is 24.3 Å². The number of nitrogens with zero attached hydrogens (tertiary/aromatic N) is 1. The van der Waals surface area contributed by atoms with Crippen molar-refractivity contribution in [3.63, 3.8) is 0 Å². The third-order valence-electron chi connectivity index (χ3n) is 3.80. The summed E-state index contributed by atoms with van der Waals surface area (Å²) < 4.78 is 0. The van der Waals surface area contributed by atoms with Gasteiger partial charge in [0.1, 0.15) is 5.54 Å². The van der Waals surface area contributed by atoms with E-state index in [1.165, 1.54) is 11.3 Å². The number of hydrogen-bond donors (Lipinski definition) is 1. The minimum atomic E-state index is -0.729. The molecule has 1 aromatic rings. The van der Waals surface area contributed by atoms with E-state index in [4.69, 9.17) is 0 Å². The molecule has 1 spiro atoms. The zero-order valence-corrected chi connectivity index (χ0v) is 11.2. The average molecular weight is 278 g/mol. The SMILES string of the molecule is O=C(CN1C(=O)NC2(CCCC2)C1=O)c1cccs1. The van der Waals surface area contributed by atoms with Gasteiger partial charge in [0, 0.05) is 0 Å². The van der Waals surface area contributed by atoms with Gasteiger partial charge >= 0.3 is 6.03 Å². The summed E-state index contributed by atoms with van der Waals surface area (Å²) in [6, 6.07) is 3.05. The van der Waals surface area contributed by atoms with E-state index in [2.05, 4.69) is 5.32 Å². The van der Waals surface area contributed by atoms with Crippen LogP contribution in [0.15, 0.2) is 17.5 Å². The Morgan fingerprint density at radius 3 is 2.74 bits per heavy atom. The molecule has 1 saturated heterocycles. The van der Waals surface area contributed by atoms with Crippen LogP contribution in [0.4, 0.5) is 4.79 Å². The highest BCUT2D eigenvalue weighted by molar-refractivity contribution is 7.12. The first-order valence-corrected chi connectivity index (χ1v) is 7.21. The van der Waals surface area contributed by atoms with E-state index in [0.29, 0.717) is 17.7 Å². The van der Waals surface area contributed by atoms with Crippen LogP contribution < -0.4 is 5.32 Å². The number of Topliss-reactive ketones (excluding diaryl/α,β-unsaturated/α-hetero) is 1. The van der Waals surface area contributed by atoms with E-state index < -0.39 is 11.6 Å². The predicted octanol–water partition coefficient (Wildman–Crippen LogP) is 1.80. The Morgan fingerprint density at radius 2 is 2.11 bits per heavy atom. The number of nitrogens with one attached hydrogen (secondary N) is 1. The van der Waals surface area contributed by atoms with E-state index in [-0.39, 0.29) is 18.2 Å². The maximum Gasteiger partial charge on any atom is 0.325 e. The molecule has 2 fully saturated rings. The number of urea groups is 1. The van der Waals surface area contributed by atoms with Crippen molar-refractivity contribution in [3.8, 4) is 0 Å². The van der Waals surface area contributed by atoms with Crippen LogP contribution in [-0.2, 0) is 4.79 Å². The van der Waals surface area contributed by atoms with Gasteiger partial charge in [-0.3, -0.25) is 14.5 Å². The predicted molar refractivity (Wildman–Crippen MR) is 70.1 cm³/mol. The van der Waals surface area contributed by atoms with Crippen LogP contribution in [0.3, 0.4) is 0 Å². The second-order valence-electron chi connectivity index (χ2n) is 5.01. The number of ketones is 1. The fourth-order valence-electron chi connectivity index (χ4n) is 2.80. The van der Waals surface area contributed by atoms with Crippen molar-refractivity contribution in [2.45, 2.75) is 31.2 Å². The molecular weight excluding hydrogens is 264 g/mol. The molecule has 0 unspecified atom stereocenters. The molecule has 19 heavy (non-hydrogen) atoms. The van der Waals surface area contributed by atoms with Gasteiger partial charge in [-0.15, -0.1) is 11.3 Å². The Kier molecular flexibility index (Phi) is 2.89. The van der Waals surface area contributed by atoms with Gasteiger partial charge in [0.25, 0.3) is 5.91 Å². The van der Waals surface area contributed by atoms with Gasteiger partial charge in [0.05, 0.1) is 11.4 Å². The zero-order valence-electron chi connectivity index (χ0n) is 10.3. The summed E-state index contributed by atoms with van der Waals surface area (Å²) in [6.45, 7) is -0.160. The molecule has 100 valence electrons. The van der Waals surface area contributed by atoms with Crippen LogP contribution in [0.5, 0.6) is 0 Å². The molecule has 3 amide bonds. The lowest BCUT2D eigenvalue weighted by Gasteiger charge is -2.19. The molecule has 6 heteroatoms. The minimum absolute atomic E-state index is 0.160. The van der Waals surface area contributed by atoms with Crippen LogP contribution >= 0.6 is 11.3 Å². The molecule has 0 bridgehead atoms. The lowest BCUT2D eigenvalue weighted by molar-refractivity contribution is -0.130. The Labute approximate surface area is 114 Å². The molecule has 5 nitrogen and oxygen atoms in total. The lowest BCUT2D eigenvalue weighted by atomic mass is 9.98. The fourth-order valence-corrected chi connectivity index (χ4v) is 3.45. The number of hydrogen-bond acceptors (Lipinski definition) is 4. The van der Waals surface area contributed by atoms with Crippen molar-refractivity contribution in [1.29, 1.82) is 0 Å². The summed E-state index contributed by atoms with van der Waals surface area (Å²) in [5.41, 5.74) is -0.729. The minimum Gasteiger partial charge on any atom is -0.323 e. The van der Waals surface area contributed by atoms with Crippen molar-refractivity contribution in [3.05, 3.63) is 22.4 Å². The van der Waals surface area contributed by atoms with Crippen molar-refractivity contribution < 1.29 is 14.4 Å². The summed E-state index contributed by atoms with van der Waals surface area (Å²) in [7, 11) is 0. The van der Waals surface area contributed by atoms with E-state index in [9.17, 15) is 14.4 Å². The molecule has 2 aliphatic rings. The van der Waals surface area contributed by atoms with Gasteiger partial charge in [0.2, 0.25) is 0 Å². The van der Waals surface area contributed by atoms with Crippen LogP contribution in [0.25, 0.3) is 0 Å². The van der Waals surface area contributed by atoms with E-state index in [1.807, 2.05) is 0 Å². The number of amides is 3. The molecule has 3 rings (SSSR count). The first kappa shape index (κ1) is 12.3. The number of carbonyl (C=O) groups excluding carboxylic acids is 3. The number of imide groups is 1. The second kappa shape index (κ2) is 4.45. The quantitative estimate of drug-likeness (QED) is 0.677. The van der Waals surface area contributed by atoms with Crippen LogP contribution in [-0.4, -0.2) is 34.7 Å². The largest absolute Gasteiger partial charge is 0.325 e. The highest BCUT2D eigenvalue weighted by atomic mass is 32.1. The number of rotatable bonds is 3.